The van der Waals surface area contributed by atoms with E-state index in [9.17, 15) is 0 Å². The van der Waals surface area contributed by atoms with Gasteiger partial charge in [-0.05, 0) is 12.1 Å². The zero-order chi connectivity index (χ0) is 11.5. The summed E-state index contributed by atoms with van der Waals surface area (Å²) in [5.74, 6) is 0.922. The number of ether oxygens (including phenoxy) is 1. The molecule has 0 spiro atoms. The largest absolute Gasteiger partial charge is 0.481 e. The Morgan fingerprint density at radius 2 is 2.00 bits per heavy atom. The van der Waals surface area contributed by atoms with Crippen LogP contribution in [0.3, 0.4) is 0 Å². The first-order chi connectivity index (χ1) is 7.72. The minimum atomic E-state index is 0.143. The van der Waals surface area contributed by atoms with Crippen LogP contribution >= 0.6 is 0 Å². The average Bonchev–Trinajstić information content (AvgIpc) is 2.29. The van der Waals surface area contributed by atoms with Crippen molar-refractivity contribution in [3.8, 4) is 17.0 Å². The molecule has 0 radical (unpaired) electrons. The molecule has 2 rings (SSSR count). The van der Waals surface area contributed by atoms with Crippen LogP contribution in [0.2, 0.25) is 0 Å². The molecule has 4 N–H and O–H groups in total. The van der Waals surface area contributed by atoms with Crippen LogP contribution in [0, 0.1) is 0 Å². The molecule has 0 aliphatic carbocycles. The number of nitrogens with zero attached hydrogens (tertiary/aromatic N) is 3. The van der Waals surface area contributed by atoms with E-state index in [1.165, 1.54) is 0 Å². The summed E-state index contributed by atoms with van der Waals surface area (Å²) in [7, 11) is 1.54. The molecule has 0 saturated heterocycles. The van der Waals surface area contributed by atoms with E-state index in [0.29, 0.717) is 17.3 Å². The Bertz CT molecular complexity index is 514. The third-order valence-electron chi connectivity index (χ3n) is 2.09. The molecule has 2 heterocycles. The van der Waals surface area contributed by atoms with E-state index in [0.717, 1.165) is 5.56 Å². The first-order valence-electron chi connectivity index (χ1n) is 4.59. The lowest BCUT2D eigenvalue weighted by atomic mass is 10.1. The summed E-state index contributed by atoms with van der Waals surface area (Å²) in [4.78, 5) is 11.9. The predicted molar refractivity (Wildman–Crippen MR) is 60.6 cm³/mol. The van der Waals surface area contributed by atoms with Crippen LogP contribution in [0.4, 0.5) is 11.8 Å². The number of nitrogens with two attached hydrogens (primary N) is 2. The Balaban J connectivity index is 2.58. The highest BCUT2D eigenvalue weighted by Gasteiger charge is 2.11. The van der Waals surface area contributed by atoms with Gasteiger partial charge in [0.25, 0.3) is 0 Å². The molecule has 2 aromatic heterocycles. The molecule has 6 heteroatoms. The minimum absolute atomic E-state index is 0.143. The van der Waals surface area contributed by atoms with Crippen molar-refractivity contribution in [3.63, 3.8) is 0 Å². The number of hydrogen-bond acceptors (Lipinski definition) is 6. The van der Waals surface area contributed by atoms with Crippen molar-refractivity contribution in [2.75, 3.05) is 18.6 Å². The first kappa shape index (κ1) is 10.2. The summed E-state index contributed by atoms with van der Waals surface area (Å²) < 4.78 is 5.13. The zero-order valence-corrected chi connectivity index (χ0v) is 8.71. The summed E-state index contributed by atoms with van der Waals surface area (Å²) >= 11 is 0. The second-order valence-electron chi connectivity index (χ2n) is 3.09. The van der Waals surface area contributed by atoms with Crippen molar-refractivity contribution in [2.24, 2.45) is 0 Å². The van der Waals surface area contributed by atoms with Crippen LogP contribution in [-0.4, -0.2) is 22.1 Å². The maximum atomic E-state index is 5.76. The molecule has 0 amide bonds. The molecule has 0 aliphatic heterocycles. The summed E-state index contributed by atoms with van der Waals surface area (Å²) in [6, 6.07) is 3.62. The van der Waals surface area contributed by atoms with Gasteiger partial charge >= 0.3 is 0 Å². The fraction of sp³-hybridized carbons (Fsp3) is 0.100. The second-order valence-corrected chi connectivity index (χ2v) is 3.09. The monoisotopic (exact) mass is 217 g/mol. The van der Waals surface area contributed by atoms with E-state index in [1.54, 1.807) is 25.6 Å². The van der Waals surface area contributed by atoms with Gasteiger partial charge in [-0.25, -0.2) is 9.97 Å². The Hall–Kier alpha value is -2.37. The van der Waals surface area contributed by atoms with Crippen LogP contribution in [0.25, 0.3) is 11.1 Å². The summed E-state index contributed by atoms with van der Waals surface area (Å²) in [5.41, 5.74) is 12.6. The molecule has 0 unspecified atom stereocenters. The summed E-state index contributed by atoms with van der Waals surface area (Å²) in [6.45, 7) is 0. The quantitative estimate of drug-likeness (QED) is 0.768. The number of methoxy groups -OCH3 is 1. The van der Waals surface area contributed by atoms with Crippen molar-refractivity contribution in [3.05, 3.63) is 24.5 Å². The number of rotatable bonds is 2. The summed E-state index contributed by atoms with van der Waals surface area (Å²) in [6.07, 6.45) is 3.19. The highest BCUT2D eigenvalue weighted by molar-refractivity contribution is 5.76. The van der Waals surface area contributed by atoms with Crippen LogP contribution in [0.15, 0.2) is 24.5 Å². The molecule has 0 fully saturated rings. The topological polar surface area (TPSA) is 99.9 Å². The minimum Gasteiger partial charge on any atom is -0.481 e. The molecule has 82 valence electrons. The molecular weight excluding hydrogens is 206 g/mol. The molecule has 16 heavy (non-hydrogen) atoms. The van der Waals surface area contributed by atoms with Gasteiger partial charge in [0, 0.05) is 23.5 Å². The van der Waals surface area contributed by atoms with Gasteiger partial charge in [0.05, 0.1) is 7.11 Å². The molecule has 0 atom stereocenters. The Labute approximate surface area is 92.3 Å². The SMILES string of the molecule is COc1ncccc1-c1cnc(N)nc1N. The lowest BCUT2D eigenvalue weighted by molar-refractivity contribution is 0.399. The van der Waals surface area contributed by atoms with Gasteiger partial charge in [-0.1, -0.05) is 0 Å². The van der Waals surface area contributed by atoms with Gasteiger partial charge in [-0.2, -0.15) is 4.98 Å². The highest BCUT2D eigenvalue weighted by Crippen LogP contribution is 2.30. The Morgan fingerprint density at radius 1 is 1.19 bits per heavy atom. The van der Waals surface area contributed by atoms with Crippen molar-refractivity contribution in [1.82, 2.24) is 15.0 Å². The van der Waals surface area contributed by atoms with Gasteiger partial charge in [-0.3, -0.25) is 0 Å². The Morgan fingerprint density at radius 3 is 2.69 bits per heavy atom. The second kappa shape index (κ2) is 4.01. The molecular formula is C10H11N5O. The third-order valence-corrected chi connectivity index (χ3v) is 2.09. The van der Waals surface area contributed by atoms with E-state index in [1.807, 2.05) is 6.07 Å². The van der Waals surface area contributed by atoms with E-state index in [2.05, 4.69) is 15.0 Å². The van der Waals surface area contributed by atoms with Crippen molar-refractivity contribution in [2.45, 2.75) is 0 Å². The number of nitrogen functional groups attached to an aromatic ring is 2. The maximum Gasteiger partial charge on any atom is 0.221 e. The third kappa shape index (κ3) is 1.72. The van der Waals surface area contributed by atoms with Gasteiger partial charge in [0.15, 0.2) is 0 Å². The van der Waals surface area contributed by atoms with Crippen LogP contribution < -0.4 is 16.2 Å². The van der Waals surface area contributed by atoms with E-state index >= 15 is 0 Å². The standard InChI is InChI=1S/C10H11N5O/c1-16-9-6(3-2-4-13-9)7-5-14-10(12)15-8(7)11/h2-5H,1H3,(H4,11,12,14,15). The highest BCUT2D eigenvalue weighted by atomic mass is 16.5. The number of pyridine rings is 1. The normalized spacial score (nSPS) is 10.1. The molecule has 2 aromatic rings. The fourth-order valence-electron chi connectivity index (χ4n) is 1.38. The van der Waals surface area contributed by atoms with Crippen molar-refractivity contribution >= 4 is 11.8 Å². The maximum absolute atomic E-state index is 5.76. The molecule has 0 aliphatic rings. The Kier molecular flexibility index (Phi) is 2.55. The molecule has 0 aromatic carbocycles. The van der Waals surface area contributed by atoms with E-state index in [4.69, 9.17) is 16.2 Å². The van der Waals surface area contributed by atoms with E-state index < -0.39 is 0 Å². The number of hydrogen-bond donors (Lipinski definition) is 2. The van der Waals surface area contributed by atoms with Crippen LogP contribution in [0.1, 0.15) is 0 Å². The lowest BCUT2D eigenvalue weighted by Crippen LogP contribution is -2.02. The van der Waals surface area contributed by atoms with Gasteiger partial charge in [0.2, 0.25) is 11.8 Å². The fourth-order valence-corrected chi connectivity index (χ4v) is 1.38. The number of aromatic nitrogens is 3. The molecule has 0 saturated carbocycles. The van der Waals surface area contributed by atoms with Gasteiger partial charge < -0.3 is 16.2 Å². The average molecular weight is 217 g/mol. The van der Waals surface area contributed by atoms with Gasteiger partial charge in [-0.15, -0.1) is 0 Å². The zero-order valence-electron chi connectivity index (χ0n) is 8.71. The first-order valence-corrected chi connectivity index (χ1v) is 4.59. The lowest BCUT2D eigenvalue weighted by Gasteiger charge is -2.08. The van der Waals surface area contributed by atoms with Crippen LogP contribution in [-0.2, 0) is 0 Å². The summed E-state index contributed by atoms with van der Waals surface area (Å²) in [5, 5.41) is 0. The van der Waals surface area contributed by atoms with Crippen molar-refractivity contribution < 1.29 is 4.74 Å². The molecule has 6 nitrogen and oxygen atoms in total. The predicted octanol–water partition coefficient (Wildman–Crippen LogP) is 0.712. The van der Waals surface area contributed by atoms with E-state index in [-0.39, 0.29) is 5.95 Å². The van der Waals surface area contributed by atoms with Crippen molar-refractivity contribution in [1.29, 1.82) is 0 Å². The van der Waals surface area contributed by atoms with Gasteiger partial charge in [0.1, 0.15) is 5.82 Å². The van der Waals surface area contributed by atoms with Crippen LogP contribution in [0.5, 0.6) is 5.88 Å². The smallest absolute Gasteiger partial charge is 0.221 e. The molecule has 0 bridgehead atoms. The number of anilines is 2.